The van der Waals surface area contributed by atoms with Crippen LogP contribution < -0.4 is 10.9 Å². The van der Waals surface area contributed by atoms with Crippen molar-refractivity contribution < 1.29 is 18.0 Å². The third kappa shape index (κ3) is 5.96. The first-order valence-electron chi connectivity index (χ1n) is 13.8. The Morgan fingerprint density at radius 3 is 2.45 bits per heavy atom. The Labute approximate surface area is 246 Å². The molecule has 6 nitrogen and oxygen atoms in total. The number of pyridine rings is 1. The lowest BCUT2D eigenvalue weighted by Crippen LogP contribution is -2.47. The van der Waals surface area contributed by atoms with Gasteiger partial charge in [-0.2, -0.15) is 0 Å². The fourth-order valence-electron chi connectivity index (χ4n) is 5.02. The predicted molar refractivity (Wildman–Crippen MR) is 161 cm³/mol. The molecule has 0 saturated carbocycles. The smallest absolute Gasteiger partial charge is 0.265 e. The van der Waals surface area contributed by atoms with Gasteiger partial charge in [0.2, 0.25) is 0 Å². The maximum atomic E-state index is 14.7. The van der Waals surface area contributed by atoms with Crippen LogP contribution in [0, 0.1) is 5.82 Å². The molecule has 1 N–H and O–H groups in total. The van der Waals surface area contributed by atoms with Crippen LogP contribution in [0.25, 0.3) is 33.6 Å². The number of benzene rings is 2. The van der Waals surface area contributed by atoms with E-state index in [1.54, 1.807) is 40.6 Å². The number of aryl methyl sites for hydroxylation is 1. The van der Waals surface area contributed by atoms with Crippen molar-refractivity contribution in [1.29, 1.82) is 0 Å². The van der Waals surface area contributed by atoms with Crippen LogP contribution in [0.1, 0.15) is 54.4 Å². The summed E-state index contributed by atoms with van der Waals surface area (Å²) in [4.78, 5) is 34.8. The third-order valence-corrected chi connectivity index (χ3v) is 8.04. The first-order valence-corrected chi connectivity index (χ1v) is 14.6. The molecule has 1 saturated heterocycles. The standard InChI is InChI=1S/C32H31F3N4O2S/c1-4-20-9-10-23(33)16-27(20)39-28(15-19(2)3)24(31(40)38-13-11-36-12-14-38)17-25(32(39)41)30-37-26(18-42-30)21-5-7-22(8-6-21)29(34)35/h5-10,15-18,29,36H,4,11-14H2,1-3H3. The van der Waals surface area contributed by atoms with Gasteiger partial charge in [-0.25, -0.2) is 18.2 Å². The number of aromatic nitrogens is 2. The van der Waals surface area contributed by atoms with Crippen molar-refractivity contribution in [3.63, 3.8) is 0 Å². The van der Waals surface area contributed by atoms with Gasteiger partial charge in [0.25, 0.3) is 17.9 Å². The van der Waals surface area contributed by atoms with E-state index in [-0.39, 0.29) is 17.0 Å². The maximum Gasteiger partial charge on any atom is 0.265 e. The van der Waals surface area contributed by atoms with E-state index >= 15 is 0 Å². The molecule has 2 aromatic heterocycles. The van der Waals surface area contributed by atoms with Crippen LogP contribution in [-0.2, 0) is 6.42 Å². The first-order chi connectivity index (χ1) is 20.2. The Morgan fingerprint density at radius 1 is 1.10 bits per heavy atom. The number of thiazole rings is 1. The van der Waals surface area contributed by atoms with E-state index in [1.807, 2.05) is 20.8 Å². The SMILES string of the molecule is CCc1ccc(F)cc1-n1c(C=C(C)C)c(C(=O)N2CCNCC2)cc(-c2nc(-c3ccc(C(F)F)cc3)cs2)c1=O. The lowest BCUT2D eigenvalue weighted by molar-refractivity contribution is 0.0735. The van der Waals surface area contributed by atoms with Crippen molar-refractivity contribution in [2.24, 2.45) is 0 Å². The van der Waals surface area contributed by atoms with Gasteiger partial charge in [-0.15, -0.1) is 11.3 Å². The second-order valence-corrected chi connectivity index (χ2v) is 11.2. The minimum atomic E-state index is -2.58. The molecule has 4 aromatic rings. The molecular weight excluding hydrogens is 561 g/mol. The summed E-state index contributed by atoms with van der Waals surface area (Å²) in [6, 6.07) is 11.7. The Kier molecular flexibility index (Phi) is 8.74. The molecule has 0 radical (unpaired) electrons. The molecule has 0 aliphatic carbocycles. The summed E-state index contributed by atoms with van der Waals surface area (Å²) in [7, 11) is 0. The zero-order valence-electron chi connectivity index (χ0n) is 23.6. The second kappa shape index (κ2) is 12.5. The highest BCUT2D eigenvalue weighted by atomic mass is 32.1. The first kappa shape index (κ1) is 29.5. The molecule has 1 amide bonds. The third-order valence-electron chi connectivity index (χ3n) is 7.16. The number of piperazine rings is 1. The van der Waals surface area contributed by atoms with Crippen LogP contribution in [0.2, 0.25) is 0 Å². The van der Waals surface area contributed by atoms with Crippen molar-refractivity contribution in [3.8, 4) is 27.5 Å². The van der Waals surface area contributed by atoms with Gasteiger partial charge in [0.05, 0.1) is 28.2 Å². The number of nitrogens with zero attached hydrogens (tertiary/aromatic N) is 3. The van der Waals surface area contributed by atoms with E-state index in [1.165, 1.54) is 40.2 Å². The average Bonchev–Trinajstić information content (AvgIpc) is 3.47. The summed E-state index contributed by atoms with van der Waals surface area (Å²) in [5, 5.41) is 5.37. The number of halogens is 3. The van der Waals surface area contributed by atoms with Gasteiger partial charge in [0, 0.05) is 42.7 Å². The zero-order chi connectivity index (χ0) is 30.0. The summed E-state index contributed by atoms with van der Waals surface area (Å²) in [5.41, 5.74) is 3.49. The summed E-state index contributed by atoms with van der Waals surface area (Å²) >= 11 is 1.22. The molecule has 10 heteroatoms. The number of nitrogens with one attached hydrogen (secondary N) is 1. The average molecular weight is 593 g/mol. The maximum absolute atomic E-state index is 14.7. The van der Waals surface area contributed by atoms with E-state index in [2.05, 4.69) is 10.3 Å². The fourth-order valence-corrected chi connectivity index (χ4v) is 5.86. The van der Waals surface area contributed by atoms with Crippen LogP contribution in [0.5, 0.6) is 0 Å². The lowest BCUT2D eigenvalue weighted by Gasteiger charge is -2.29. The zero-order valence-corrected chi connectivity index (χ0v) is 24.4. The summed E-state index contributed by atoms with van der Waals surface area (Å²) in [6.45, 7) is 8.00. The highest BCUT2D eigenvalue weighted by Crippen LogP contribution is 2.32. The molecule has 3 heterocycles. The van der Waals surface area contributed by atoms with Crippen molar-refractivity contribution in [2.45, 2.75) is 33.6 Å². The van der Waals surface area contributed by atoms with Crippen LogP contribution in [-0.4, -0.2) is 46.5 Å². The molecule has 1 fully saturated rings. The number of hydrogen-bond donors (Lipinski definition) is 1. The van der Waals surface area contributed by atoms with Gasteiger partial charge in [0.1, 0.15) is 10.8 Å². The van der Waals surface area contributed by atoms with Crippen LogP contribution in [0.3, 0.4) is 0 Å². The summed E-state index contributed by atoms with van der Waals surface area (Å²) < 4.78 is 42.2. The van der Waals surface area contributed by atoms with Crippen LogP contribution >= 0.6 is 11.3 Å². The van der Waals surface area contributed by atoms with Crippen molar-refractivity contribution in [2.75, 3.05) is 26.2 Å². The van der Waals surface area contributed by atoms with Crippen molar-refractivity contribution in [3.05, 3.63) is 98.0 Å². The van der Waals surface area contributed by atoms with E-state index in [0.717, 1.165) is 11.1 Å². The van der Waals surface area contributed by atoms with Gasteiger partial charge in [-0.05, 0) is 50.1 Å². The largest absolute Gasteiger partial charge is 0.336 e. The monoisotopic (exact) mass is 592 g/mol. The Hall–Kier alpha value is -4.02. The quantitative estimate of drug-likeness (QED) is 0.258. The van der Waals surface area contributed by atoms with E-state index in [9.17, 15) is 22.8 Å². The number of carbonyl (C=O) groups is 1. The normalized spacial score (nSPS) is 13.5. The number of allylic oxidation sites excluding steroid dienone is 1. The highest BCUT2D eigenvalue weighted by molar-refractivity contribution is 7.13. The van der Waals surface area contributed by atoms with E-state index < -0.39 is 17.8 Å². The van der Waals surface area contributed by atoms with Crippen LogP contribution in [0.4, 0.5) is 13.2 Å². The van der Waals surface area contributed by atoms with Gasteiger partial charge in [-0.1, -0.05) is 42.8 Å². The van der Waals surface area contributed by atoms with Gasteiger partial charge in [0.15, 0.2) is 0 Å². The summed E-state index contributed by atoms with van der Waals surface area (Å²) in [5.74, 6) is -0.728. The molecule has 0 atom stereocenters. The molecule has 0 unspecified atom stereocenters. The highest BCUT2D eigenvalue weighted by Gasteiger charge is 2.27. The molecule has 218 valence electrons. The molecule has 0 spiro atoms. The number of hydrogen-bond acceptors (Lipinski definition) is 5. The lowest BCUT2D eigenvalue weighted by atomic mass is 10.0. The number of rotatable bonds is 7. The van der Waals surface area contributed by atoms with E-state index in [0.29, 0.717) is 65.8 Å². The molecule has 42 heavy (non-hydrogen) atoms. The fraction of sp³-hybridized carbons (Fsp3) is 0.281. The molecular formula is C32H31F3N4O2S. The van der Waals surface area contributed by atoms with Gasteiger partial charge >= 0.3 is 0 Å². The molecule has 0 bridgehead atoms. The predicted octanol–water partition coefficient (Wildman–Crippen LogP) is 6.74. The number of alkyl halides is 2. The van der Waals surface area contributed by atoms with Crippen LogP contribution in [0.15, 0.2) is 64.3 Å². The second-order valence-electron chi connectivity index (χ2n) is 10.3. The van der Waals surface area contributed by atoms with Gasteiger partial charge in [-0.3, -0.25) is 14.2 Å². The number of amides is 1. The minimum absolute atomic E-state index is 0.0927. The topological polar surface area (TPSA) is 67.2 Å². The molecule has 5 rings (SSSR count). The number of carbonyl (C=O) groups excluding carboxylic acids is 1. The van der Waals surface area contributed by atoms with E-state index in [4.69, 9.17) is 0 Å². The van der Waals surface area contributed by atoms with Crippen molar-refractivity contribution >= 4 is 23.3 Å². The molecule has 1 aliphatic rings. The Balaban J connectivity index is 1.76. The summed E-state index contributed by atoms with van der Waals surface area (Å²) in [6.07, 6.45) is -0.259. The Morgan fingerprint density at radius 2 is 1.81 bits per heavy atom. The minimum Gasteiger partial charge on any atom is -0.336 e. The molecule has 2 aromatic carbocycles. The van der Waals surface area contributed by atoms with Gasteiger partial charge < -0.3 is 10.2 Å². The molecule has 1 aliphatic heterocycles. The Bertz CT molecular complexity index is 1700. The van der Waals surface area contributed by atoms with Crippen molar-refractivity contribution in [1.82, 2.24) is 19.8 Å².